The van der Waals surface area contributed by atoms with Crippen molar-refractivity contribution >= 4 is 38.4 Å². The van der Waals surface area contributed by atoms with Gasteiger partial charge in [0.05, 0.1) is 0 Å². The normalized spacial score (nSPS) is 19.2. The van der Waals surface area contributed by atoms with Gasteiger partial charge in [0.25, 0.3) is 0 Å². The number of benzene rings is 1. The third-order valence-electron chi connectivity index (χ3n) is 7.44. The quantitative estimate of drug-likeness (QED) is 0.270. The summed E-state index contributed by atoms with van der Waals surface area (Å²) >= 11 is -2.28. The molecule has 28 heavy (non-hydrogen) atoms. The van der Waals surface area contributed by atoms with Crippen LogP contribution in [-0.4, -0.2) is 39.1 Å². The summed E-state index contributed by atoms with van der Waals surface area (Å²) in [6.07, 6.45) is 7.02. The average molecular weight is 525 g/mol. The van der Waals surface area contributed by atoms with Gasteiger partial charge in [-0.3, -0.25) is 0 Å². The van der Waals surface area contributed by atoms with Gasteiger partial charge in [0.15, 0.2) is 0 Å². The van der Waals surface area contributed by atoms with Gasteiger partial charge in [0.2, 0.25) is 0 Å². The summed E-state index contributed by atoms with van der Waals surface area (Å²) in [5, 5.41) is 0. The molecule has 0 aromatic heterocycles. The van der Waals surface area contributed by atoms with E-state index in [9.17, 15) is 0 Å². The summed E-state index contributed by atoms with van der Waals surface area (Å²) in [5.74, 6) is 0. The third-order valence-corrected chi connectivity index (χ3v) is 33.8. The van der Waals surface area contributed by atoms with Crippen molar-refractivity contribution in [2.75, 3.05) is 0 Å². The van der Waals surface area contributed by atoms with Crippen molar-refractivity contribution in [3.8, 4) is 0 Å². The van der Waals surface area contributed by atoms with Crippen LogP contribution in [0.15, 0.2) is 24.3 Å². The summed E-state index contributed by atoms with van der Waals surface area (Å²) in [6, 6.07) is 13.2. The van der Waals surface area contributed by atoms with Gasteiger partial charge in [-0.1, -0.05) is 0 Å². The van der Waals surface area contributed by atoms with E-state index in [1.54, 1.807) is 18.9 Å². The molecular weight excluding hydrogens is 477 g/mol. The molecule has 1 aliphatic heterocycles. The number of nitrogens with zero attached hydrogens (tertiary/aromatic N) is 1. The Kier molecular flexibility index (Phi) is 9.37. The summed E-state index contributed by atoms with van der Waals surface area (Å²) in [5.41, 5.74) is 1.63. The molecule has 1 nitrogen and oxygen atoms in total. The topological polar surface area (TPSA) is 3.24 Å². The van der Waals surface area contributed by atoms with Crippen molar-refractivity contribution < 1.29 is 0 Å². The Bertz CT molecular complexity index is 590. The van der Waals surface area contributed by atoms with Crippen LogP contribution in [0.2, 0.25) is 51.6 Å². The van der Waals surface area contributed by atoms with Crippen molar-refractivity contribution in [1.82, 2.24) is 4.23 Å². The molecule has 0 unspecified atom stereocenters. The molecule has 0 radical (unpaired) electrons. The summed E-state index contributed by atoms with van der Waals surface area (Å²) in [7, 11) is -2.39. The van der Waals surface area contributed by atoms with E-state index >= 15 is 0 Å². The molecular formula is C24H47NSi2Sn. The van der Waals surface area contributed by atoms with Crippen LogP contribution in [0.1, 0.15) is 58.4 Å². The molecule has 1 aromatic carbocycles. The molecule has 2 rings (SSSR count). The Labute approximate surface area is 182 Å². The zero-order valence-electron chi connectivity index (χ0n) is 20.0. The fraction of sp³-hybridized carbons (Fsp3) is 0.750. The third kappa shape index (κ3) is 5.98. The zero-order chi connectivity index (χ0) is 20.8. The summed E-state index contributed by atoms with van der Waals surface area (Å²) < 4.78 is 9.62. The second-order valence-electron chi connectivity index (χ2n) is 10.6. The molecule has 0 atom stereocenters. The molecule has 0 amide bonds. The second-order valence-corrected chi connectivity index (χ2v) is 33.7. The van der Waals surface area contributed by atoms with E-state index < -0.39 is 34.8 Å². The summed E-state index contributed by atoms with van der Waals surface area (Å²) in [4.78, 5) is 0. The minimum absolute atomic E-state index is 1.20. The molecule has 1 aromatic rings. The maximum absolute atomic E-state index is 3.05. The monoisotopic (exact) mass is 525 g/mol. The first kappa shape index (κ1) is 24.7. The van der Waals surface area contributed by atoms with Gasteiger partial charge >= 0.3 is 183 Å². The summed E-state index contributed by atoms with van der Waals surface area (Å²) in [6.45, 7) is 18.9. The van der Waals surface area contributed by atoms with Gasteiger partial charge in [-0.05, 0) is 0 Å². The van der Waals surface area contributed by atoms with Gasteiger partial charge in [-0.15, -0.1) is 0 Å². The fourth-order valence-electron chi connectivity index (χ4n) is 5.63. The van der Waals surface area contributed by atoms with Crippen molar-refractivity contribution in [2.24, 2.45) is 0 Å². The van der Waals surface area contributed by atoms with E-state index in [1.165, 1.54) is 50.7 Å². The fourth-order valence-corrected chi connectivity index (χ4v) is 35.4. The molecule has 0 saturated carbocycles. The molecule has 160 valence electrons. The zero-order valence-corrected chi connectivity index (χ0v) is 24.9. The maximum atomic E-state index is 3.05. The molecule has 1 heterocycles. The Hall–Kier alpha value is 0.412. The van der Waals surface area contributed by atoms with E-state index in [4.69, 9.17) is 0 Å². The molecule has 0 aliphatic carbocycles. The Balaban J connectivity index is 2.33. The van der Waals surface area contributed by atoms with E-state index in [0.29, 0.717) is 0 Å². The van der Waals surface area contributed by atoms with Gasteiger partial charge in [-0.2, -0.15) is 0 Å². The van der Waals surface area contributed by atoms with Crippen LogP contribution >= 0.6 is 0 Å². The molecule has 1 fully saturated rings. The molecule has 0 bridgehead atoms. The average Bonchev–Trinajstić information content (AvgIpc) is 2.87. The van der Waals surface area contributed by atoms with E-state index in [-0.39, 0.29) is 0 Å². The van der Waals surface area contributed by atoms with Crippen LogP contribution in [0.5, 0.6) is 0 Å². The van der Waals surface area contributed by atoms with Gasteiger partial charge in [0.1, 0.15) is 0 Å². The number of rotatable bonds is 11. The molecule has 4 heteroatoms. The first-order valence-corrected chi connectivity index (χ1v) is 25.9. The minimum atomic E-state index is -2.28. The first-order chi connectivity index (χ1) is 13.2. The van der Waals surface area contributed by atoms with Crippen molar-refractivity contribution in [3.05, 3.63) is 29.8 Å². The molecule has 1 aliphatic rings. The van der Waals surface area contributed by atoms with Crippen LogP contribution < -0.4 is 3.58 Å². The van der Waals surface area contributed by atoms with Crippen LogP contribution in [0.25, 0.3) is 0 Å². The standard InChI is InChI=1S/C13H22NSi2.2C4H9.C3H7.Sn/c1-15(2)10-11-16(3,4)14(15)12-13-8-6-5-7-9-13;2*1-3-4-2;1-3-2;/h5-6,8-9H,10-12H2,1-4H3;2*1,3-4H2,2H3;1,3H2,2H3;. The van der Waals surface area contributed by atoms with Gasteiger partial charge in [-0.25, -0.2) is 0 Å². The predicted molar refractivity (Wildman–Crippen MR) is 136 cm³/mol. The van der Waals surface area contributed by atoms with Crippen molar-refractivity contribution in [1.29, 1.82) is 0 Å². The van der Waals surface area contributed by atoms with Gasteiger partial charge < -0.3 is 0 Å². The molecule has 0 N–H and O–H groups in total. The number of hydrogen-bond donors (Lipinski definition) is 0. The SMILES string of the molecule is CCC[CH2][Sn]([CH2]CC)([CH2]CCC)[c]1cccc(CN2[Si](C)(C)CC[Si]2(C)C)c1. The Morgan fingerprint density at radius 3 is 1.89 bits per heavy atom. The molecule has 0 spiro atoms. The number of hydrogen-bond acceptors (Lipinski definition) is 1. The van der Waals surface area contributed by atoms with E-state index in [1.807, 2.05) is 3.58 Å². The van der Waals surface area contributed by atoms with Crippen molar-refractivity contribution in [3.63, 3.8) is 0 Å². The molecule has 1 saturated heterocycles. The van der Waals surface area contributed by atoms with Crippen LogP contribution in [-0.2, 0) is 6.54 Å². The van der Waals surface area contributed by atoms with Crippen LogP contribution in [0.4, 0.5) is 0 Å². The van der Waals surface area contributed by atoms with E-state index in [0.717, 1.165) is 0 Å². The Morgan fingerprint density at radius 2 is 1.39 bits per heavy atom. The Morgan fingerprint density at radius 1 is 0.821 bits per heavy atom. The van der Waals surface area contributed by atoms with Gasteiger partial charge in [0, 0.05) is 0 Å². The predicted octanol–water partition coefficient (Wildman–Crippen LogP) is 7.58. The van der Waals surface area contributed by atoms with Crippen LogP contribution in [0.3, 0.4) is 0 Å². The van der Waals surface area contributed by atoms with Crippen molar-refractivity contribution in [2.45, 2.75) is 111 Å². The number of unbranched alkanes of at least 4 members (excludes halogenated alkanes) is 2. The van der Waals surface area contributed by atoms with Crippen LogP contribution in [0, 0.1) is 0 Å². The second kappa shape index (κ2) is 10.6. The van der Waals surface area contributed by atoms with E-state index in [2.05, 4.69) is 75.5 Å². The first-order valence-electron chi connectivity index (χ1n) is 12.1.